The van der Waals surface area contributed by atoms with E-state index in [4.69, 9.17) is 46.9 Å². The quantitative estimate of drug-likeness (QED) is 0.0735. The minimum atomic E-state index is -4.59. The molecule has 1 N–H and O–H groups in total. The highest BCUT2D eigenvalue weighted by molar-refractivity contribution is 6.35. The molecule has 0 spiro atoms. The number of alkyl halides is 6. The normalized spacial score (nSPS) is 13.7. The van der Waals surface area contributed by atoms with Gasteiger partial charge in [0.25, 0.3) is 11.8 Å². The van der Waals surface area contributed by atoms with Gasteiger partial charge in [0, 0.05) is 32.7 Å². The molecule has 72 heavy (non-hydrogen) atoms. The first kappa shape index (κ1) is 52.9. The van der Waals surface area contributed by atoms with Crippen molar-refractivity contribution in [3.05, 3.63) is 128 Å². The number of halogens is 8. The molecule has 0 radical (unpaired) electrons. The van der Waals surface area contributed by atoms with E-state index in [0.29, 0.717) is 61.8 Å². The van der Waals surface area contributed by atoms with Gasteiger partial charge in [0.1, 0.15) is 23.0 Å². The predicted octanol–water partition coefficient (Wildman–Crippen LogP) is 12.7. The lowest BCUT2D eigenvalue weighted by Crippen LogP contribution is -2.24. The molecular formula is C52H46Cl2F6N2O10. The van der Waals surface area contributed by atoms with Crippen molar-refractivity contribution >= 4 is 79.9 Å². The van der Waals surface area contributed by atoms with E-state index < -0.39 is 55.2 Å². The summed E-state index contributed by atoms with van der Waals surface area (Å²) >= 11 is 13.0. The maximum absolute atomic E-state index is 13.6. The second kappa shape index (κ2) is 21.8. The third kappa shape index (κ3) is 11.1. The van der Waals surface area contributed by atoms with Crippen molar-refractivity contribution in [1.82, 2.24) is 0 Å². The molecule has 2 aliphatic rings. The molecule has 380 valence electrons. The van der Waals surface area contributed by atoms with E-state index in [9.17, 15) is 50.6 Å². The number of rotatable bonds is 16. The lowest BCUT2D eigenvalue weighted by molar-refractivity contribution is -0.154. The van der Waals surface area contributed by atoms with Crippen LogP contribution in [0.1, 0.15) is 83.0 Å². The Kier molecular flexibility index (Phi) is 16.0. The first-order valence-corrected chi connectivity index (χ1v) is 23.4. The van der Waals surface area contributed by atoms with Gasteiger partial charge in [0.05, 0.1) is 77.8 Å². The van der Waals surface area contributed by atoms with Gasteiger partial charge in [-0.2, -0.15) is 26.3 Å². The summed E-state index contributed by atoms with van der Waals surface area (Å²) < 4.78 is 106. The Labute approximate surface area is 418 Å². The summed E-state index contributed by atoms with van der Waals surface area (Å²) in [5, 5.41) is 11.5. The Morgan fingerprint density at radius 2 is 1.04 bits per heavy atom. The van der Waals surface area contributed by atoms with Crippen LogP contribution in [0.15, 0.2) is 84.9 Å². The number of carbonyl (C=O) groups excluding carboxylic acids is 3. The van der Waals surface area contributed by atoms with Crippen LogP contribution in [0.25, 0.3) is 21.5 Å². The maximum atomic E-state index is 13.6. The van der Waals surface area contributed by atoms with Crippen LogP contribution in [0, 0.1) is 0 Å². The number of amides is 2. The third-order valence-corrected chi connectivity index (χ3v) is 12.3. The first-order chi connectivity index (χ1) is 34.2. The highest BCUT2D eigenvalue weighted by Crippen LogP contribution is 2.49. The van der Waals surface area contributed by atoms with Gasteiger partial charge in [0.2, 0.25) is 0 Å². The van der Waals surface area contributed by atoms with Crippen LogP contribution in [0.2, 0.25) is 10.0 Å². The molecule has 20 heteroatoms. The van der Waals surface area contributed by atoms with Crippen LogP contribution < -0.4 is 28.7 Å². The van der Waals surface area contributed by atoms with Crippen LogP contribution >= 0.6 is 23.2 Å². The summed E-state index contributed by atoms with van der Waals surface area (Å²) in [6.07, 6.45) is -8.80. The predicted molar refractivity (Wildman–Crippen MR) is 258 cm³/mol. The fourth-order valence-corrected chi connectivity index (χ4v) is 9.32. The smallest absolute Gasteiger partial charge is 0.422 e. The number of benzene rings is 6. The van der Waals surface area contributed by atoms with Crippen molar-refractivity contribution in [1.29, 1.82) is 0 Å². The zero-order valence-electron chi connectivity index (χ0n) is 39.1. The number of hydrogen-bond acceptors (Lipinski definition) is 9. The second-order valence-electron chi connectivity index (χ2n) is 16.3. The van der Waals surface area contributed by atoms with Crippen LogP contribution in [0.5, 0.6) is 23.0 Å². The molecule has 2 heterocycles. The summed E-state index contributed by atoms with van der Waals surface area (Å²) in [5.74, 6) is -2.75. The Morgan fingerprint density at radius 3 is 1.47 bits per heavy atom. The van der Waals surface area contributed by atoms with Gasteiger partial charge in [-0.3, -0.25) is 19.2 Å². The lowest BCUT2D eigenvalue weighted by atomic mass is 9.96. The molecule has 0 aliphatic carbocycles. The number of esters is 1. The standard InChI is InChI=1S/2C26H23ClF3NO5/c1-3-34-21(32)12-15-9-10-20(19(27)11-15)31-13-18-22(25(31)33)24(36-14-26(28,29)30)17-8-6-5-7-16(17)23(18)35-4-2;1-3-15(25(33)34)14-9-10-20(19(27)11-14)31-12-18-21(24(31)32)23(35-4-2)17-8-6-5-7-16(17)22(18)36-13-26(28,29)30/h5-11H,3-4,12-14H2,1-2H3;5-11,15H,3-4,12-13H2,1-2H3,(H,33,34). The molecule has 1 atom stereocenters. The van der Waals surface area contributed by atoms with Gasteiger partial charge in [-0.15, -0.1) is 0 Å². The van der Waals surface area contributed by atoms with Gasteiger partial charge < -0.3 is 38.6 Å². The summed E-state index contributed by atoms with van der Waals surface area (Å²) in [6.45, 7) is 4.60. The molecule has 0 aromatic heterocycles. The van der Waals surface area contributed by atoms with Crippen LogP contribution in [-0.2, 0) is 33.8 Å². The molecule has 0 bridgehead atoms. The fraction of sp³-hybridized carbons (Fsp3) is 0.308. The van der Waals surface area contributed by atoms with Gasteiger partial charge in [-0.05, 0) is 62.6 Å². The summed E-state index contributed by atoms with van der Waals surface area (Å²) in [6, 6.07) is 22.8. The van der Waals surface area contributed by atoms with Crippen LogP contribution in [0.3, 0.4) is 0 Å². The van der Waals surface area contributed by atoms with Crippen LogP contribution in [0.4, 0.5) is 37.7 Å². The zero-order chi connectivity index (χ0) is 52.2. The number of anilines is 2. The van der Waals surface area contributed by atoms with E-state index in [1.807, 2.05) is 0 Å². The number of carboxylic acids is 1. The fourth-order valence-electron chi connectivity index (χ4n) is 8.72. The SMILES string of the molecule is CCOC(=O)Cc1ccc(N2Cc3c(c(OCC(F)(F)F)c4ccccc4c3OCC)C2=O)c(Cl)c1.CCOc1c2c(c(OCC(F)(F)F)c3ccccc13)CN(c1ccc(C(CC)C(=O)O)cc1Cl)C2=O. The number of ether oxygens (including phenoxy) is 5. The Hall–Kier alpha value is -6.92. The van der Waals surface area contributed by atoms with Crippen molar-refractivity contribution in [3.8, 4) is 23.0 Å². The molecule has 2 aliphatic heterocycles. The molecule has 12 nitrogen and oxygen atoms in total. The molecule has 2 amide bonds. The number of carboxylic acid groups (broad SMARTS) is 1. The van der Waals surface area contributed by atoms with Gasteiger partial charge >= 0.3 is 24.3 Å². The van der Waals surface area contributed by atoms with Gasteiger partial charge in [-0.25, -0.2) is 0 Å². The summed E-state index contributed by atoms with van der Waals surface area (Å²) in [7, 11) is 0. The minimum Gasteiger partial charge on any atom is -0.493 e. The largest absolute Gasteiger partial charge is 0.493 e. The van der Waals surface area contributed by atoms with E-state index in [1.165, 1.54) is 15.9 Å². The number of nitrogens with zero attached hydrogens (tertiary/aromatic N) is 2. The van der Waals surface area contributed by atoms with Gasteiger partial charge in [0.15, 0.2) is 13.2 Å². The van der Waals surface area contributed by atoms with E-state index in [0.717, 1.165) is 0 Å². The monoisotopic (exact) mass is 1040 g/mol. The number of fused-ring (bicyclic) bond motifs is 4. The van der Waals surface area contributed by atoms with Crippen molar-refractivity contribution < 1.29 is 74.3 Å². The summed E-state index contributed by atoms with van der Waals surface area (Å²) in [5.41, 5.74) is 2.54. The summed E-state index contributed by atoms with van der Waals surface area (Å²) in [4.78, 5) is 53.3. The Bertz CT molecular complexity index is 3070. The zero-order valence-corrected chi connectivity index (χ0v) is 40.6. The number of carbonyl (C=O) groups is 4. The molecule has 1 unspecified atom stereocenters. The average Bonchev–Trinajstić information content (AvgIpc) is 3.84. The lowest BCUT2D eigenvalue weighted by Gasteiger charge is -2.19. The van der Waals surface area contributed by atoms with E-state index in [-0.39, 0.29) is 83.3 Å². The van der Waals surface area contributed by atoms with E-state index >= 15 is 0 Å². The molecule has 8 rings (SSSR count). The molecule has 6 aromatic rings. The Balaban J connectivity index is 0.000000211. The maximum Gasteiger partial charge on any atom is 0.422 e. The number of aliphatic carboxylic acids is 1. The molecule has 0 saturated heterocycles. The van der Waals surface area contributed by atoms with Gasteiger partial charge in [-0.1, -0.05) is 90.8 Å². The Morgan fingerprint density at radius 1 is 0.611 bits per heavy atom. The van der Waals surface area contributed by atoms with Crippen LogP contribution in [-0.4, -0.2) is 74.2 Å². The van der Waals surface area contributed by atoms with E-state index in [2.05, 4.69) is 0 Å². The molecule has 6 aromatic carbocycles. The molecule has 0 fully saturated rings. The first-order valence-electron chi connectivity index (χ1n) is 22.6. The minimum absolute atomic E-state index is 0.00747. The topological polar surface area (TPSA) is 141 Å². The van der Waals surface area contributed by atoms with Crippen molar-refractivity contribution in [3.63, 3.8) is 0 Å². The second-order valence-corrected chi connectivity index (χ2v) is 17.2. The van der Waals surface area contributed by atoms with E-state index in [1.54, 1.807) is 107 Å². The van der Waals surface area contributed by atoms with Crippen molar-refractivity contribution in [2.75, 3.05) is 42.8 Å². The third-order valence-electron chi connectivity index (χ3n) is 11.7. The van der Waals surface area contributed by atoms with Crippen molar-refractivity contribution in [2.24, 2.45) is 0 Å². The highest BCUT2D eigenvalue weighted by atomic mass is 35.5. The molecule has 0 saturated carbocycles. The highest BCUT2D eigenvalue weighted by Gasteiger charge is 2.41. The average molecular weight is 1040 g/mol. The van der Waals surface area contributed by atoms with Crippen molar-refractivity contribution in [2.45, 2.75) is 71.9 Å². The number of hydrogen-bond donors (Lipinski definition) is 1. The molecular weight excluding hydrogens is 997 g/mol.